The van der Waals surface area contributed by atoms with Gasteiger partial charge >= 0.3 is 0 Å². The Kier molecular flexibility index (Phi) is 8.97. The molecule has 0 unspecified atom stereocenters. The summed E-state index contributed by atoms with van der Waals surface area (Å²) in [5.41, 5.74) is 1.73. The maximum atomic E-state index is 12.0. The minimum atomic E-state index is -0.104. The van der Waals surface area contributed by atoms with Gasteiger partial charge in [0.25, 0.3) is 5.91 Å². The molecule has 6 nitrogen and oxygen atoms in total. The Bertz CT molecular complexity index is 574. The van der Waals surface area contributed by atoms with Gasteiger partial charge in [0, 0.05) is 32.9 Å². The molecule has 0 aliphatic heterocycles. The topological polar surface area (TPSA) is 68.2 Å². The van der Waals surface area contributed by atoms with Crippen LogP contribution in [0, 0.1) is 0 Å². The van der Waals surface area contributed by atoms with Crippen molar-refractivity contribution in [2.24, 2.45) is 0 Å². The molecule has 0 aliphatic rings. The molecule has 2 N–H and O–H groups in total. The summed E-state index contributed by atoms with van der Waals surface area (Å²) in [4.78, 5) is 12.0. The van der Waals surface area contributed by atoms with Crippen molar-refractivity contribution in [3.63, 3.8) is 0 Å². The molecule has 0 atom stereocenters. The van der Waals surface area contributed by atoms with Crippen molar-refractivity contribution in [3.8, 4) is 0 Å². The maximum Gasteiger partial charge on any atom is 0.254 e. The number of rotatable bonds is 9. The summed E-state index contributed by atoms with van der Waals surface area (Å²) in [6.07, 6.45) is 3.36. The van der Waals surface area contributed by atoms with Crippen molar-refractivity contribution < 1.29 is 9.53 Å². The fourth-order valence-electron chi connectivity index (χ4n) is 2.00. The zero-order chi connectivity index (χ0) is 15.6. The minimum absolute atomic E-state index is 0. The Morgan fingerprint density at radius 1 is 1.22 bits per heavy atom. The number of halogens is 1. The van der Waals surface area contributed by atoms with E-state index in [4.69, 9.17) is 4.74 Å². The summed E-state index contributed by atoms with van der Waals surface area (Å²) in [6.45, 7) is 3.40. The van der Waals surface area contributed by atoms with Crippen LogP contribution in [0.5, 0.6) is 0 Å². The van der Waals surface area contributed by atoms with Gasteiger partial charge in [-0.15, -0.1) is 12.4 Å². The van der Waals surface area contributed by atoms with Crippen molar-refractivity contribution in [1.82, 2.24) is 20.4 Å². The molecule has 1 heterocycles. The first kappa shape index (κ1) is 19.2. The van der Waals surface area contributed by atoms with Crippen LogP contribution >= 0.6 is 12.4 Å². The van der Waals surface area contributed by atoms with Crippen LogP contribution in [0.25, 0.3) is 0 Å². The number of methoxy groups -OCH3 is 1. The van der Waals surface area contributed by atoms with Crippen molar-refractivity contribution in [2.45, 2.75) is 6.54 Å². The van der Waals surface area contributed by atoms with E-state index in [1.54, 1.807) is 24.2 Å². The second-order valence-electron chi connectivity index (χ2n) is 4.91. The number of nitrogens with one attached hydrogen (secondary N) is 2. The number of hydrogen-bond donors (Lipinski definition) is 2. The summed E-state index contributed by atoms with van der Waals surface area (Å²) in [7, 11) is 1.66. The van der Waals surface area contributed by atoms with Crippen molar-refractivity contribution in [3.05, 3.63) is 53.9 Å². The molecule has 23 heavy (non-hydrogen) atoms. The lowest BCUT2D eigenvalue weighted by atomic mass is 10.2. The molecule has 1 aromatic carbocycles. The molecule has 0 saturated carbocycles. The smallest absolute Gasteiger partial charge is 0.254 e. The molecule has 7 heteroatoms. The third-order valence-electron chi connectivity index (χ3n) is 3.15. The fourth-order valence-corrected chi connectivity index (χ4v) is 2.00. The Morgan fingerprint density at radius 2 is 2.00 bits per heavy atom. The lowest BCUT2D eigenvalue weighted by Crippen LogP contribution is -2.32. The van der Waals surface area contributed by atoms with Gasteiger partial charge in [-0.2, -0.15) is 5.10 Å². The first-order valence-corrected chi connectivity index (χ1v) is 7.34. The van der Waals surface area contributed by atoms with Gasteiger partial charge in [0.2, 0.25) is 0 Å². The van der Waals surface area contributed by atoms with Crippen molar-refractivity contribution in [2.75, 3.05) is 33.4 Å². The number of benzene rings is 1. The van der Waals surface area contributed by atoms with Gasteiger partial charge in [0.05, 0.1) is 24.9 Å². The second kappa shape index (κ2) is 10.8. The van der Waals surface area contributed by atoms with Crippen LogP contribution in [0.4, 0.5) is 0 Å². The normalized spacial score (nSPS) is 10.1. The van der Waals surface area contributed by atoms with E-state index in [0.29, 0.717) is 31.8 Å². The number of ether oxygens (including phenoxy) is 1. The van der Waals surface area contributed by atoms with E-state index in [0.717, 1.165) is 12.1 Å². The summed E-state index contributed by atoms with van der Waals surface area (Å²) in [5.74, 6) is -0.104. The summed E-state index contributed by atoms with van der Waals surface area (Å²) in [5, 5.41) is 10.3. The third-order valence-corrected chi connectivity index (χ3v) is 3.15. The lowest BCUT2D eigenvalue weighted by Gasteiger charge is -2.05. The Morgan fingerprint density at radius 3 is 2.74 bits per heavy atom. The standard InChI is InChI=1S/C16H22N4O2.ClH/c1-22-10-9-17-7-8-18-16(21)15-11-19-20(13-15)12-14-5-3-2-4-6-14;/h2-6,11,13,17H,7-10,12H2,1H3,(H,18,21);1H. The Balaban J connectivity index is 0.00000264. The number of carbonyl (C=O) groups is 1. The van der Waals surface area contributed by atoms with Gasteiger partial charge in [-0.1, -0.05) is 30.3 Å². The van der Waals surface area contributed by atoms with E-state index in [-0.39, 0.29) is 18.3 Å². The van der Waals surface area contributed by atoms with Crippen LogP contribution < -0.4 is 10.6 Å². The molecule has 0 radical (unpaired) electrons. The first-order chi connectivity index (χ1) is 10.8. The molecule has 0 spiro atoms. The molecule has 0 bridgehead atoms. The summed E-state index contributed by atoms with van der Waals surface area (Å²) >= 11 is 0. The largest absolute Gasteiger partial charge is 0.383 e. The highest BCUT2D eigenvalue weighted by Gasteiger charge is 2.07. The second-order valence-corrected chi connectivity index (χ2v) is 4.91. The highest BCUT2D eigenvalue weighted by atomic mass is 35.5. The molecule has 2 rings (SSSR count). The maximum absolute atomic E-state index is 12.0. The van der Waals surface area contributed by atoms with Gasteiger partial charge in [0.1, 0.15) is 0 Å². The van der Waals surface area contributed by atoms with E-state index in [9.17, 15) is 4.79 Å². The predicted molar refractivity (Wildman–Crippen MR) is 92.1 cm³/mol. The summed E-state index contributed by atoms with van der Waals surface area (Å²) in [6, 6.07) is 10.0. The molecule has 1 amide bonds. The number of amides is 1. The van der Waals surface area contributed by atoms with E-state index in [1.165, 1.54) is 0 Å². The van der Waals surface area contributed by atoms with Crippen LogP contribution in [0.1, 0.15) is 15.9 Å². The SMILES string of the molecule is COCCNCCNC(=O)c1cnn(Cc2ccccc2)c1.Cl. The van der Waals surface area contributed by atoms with Crippen LogP contribution in [-0.2, 0) is 11.3 Å². The van der Waals surface area contributed by atoms with Gasteiger partial charge in [-0.25, -0.2) is 0 Å². The van der Waals surface area contributed by atoms with Crippen LogP contribution in [0.2, 0.25) is 0 Å². The molecule has 126 valence electrons. The van der Waals surface area contributed by atoms with Gasteiger partial charge in [0.15, 0.2) is 0 Å². The number of carbonyl (C=O) groups excluding carboxylic acids is 1. The Labute approximate surface area is 142 Å². The molecule has 2 aromatic rings. The molecular formula is C16H23ClN4O2. The first-order valence-electron chi connectivity index (χ1n) is 7.34. The van der Waals surface area contributed by atoms with E-state index in [2.05, 4.69) is 15.7 Å². The van der Waals surface area contributed by atoms with Gasteiger partial charge in [-0.3, -0.25) is 9.48 Å². The van der Waals surface area contributed by atoms with Gasteiger partial charge < -0.3 is 15.4 Å². The monoisotopic (exact) mass is 338 g/mol. The predicted octanol–water partition coefficient (Wildman–Crippen LogP) is 1.32. The minimum Gasteiger partial charge on any atom is -0.383 e. The average Bonchev–Trinajstić information content (AvgIpc) is 3.00. The van der Waals surface area contributed by atoms with Crippen LogP contribution in [0.15, 0.2) is 42.7 Å². The highest BCUT2D eigenvalue weighted by Crippen LogP contribution is 2.03. The van der Waals surface area contributed by atoms with Crippen molar-refractivity contribution >= 4 is 18.3 Å². The number of hydrogen-bond acceptors (Lipinski definition) is 4. The molecule has 1 aromatic heterocycles. The number of aromatic nitrogens is 2. The van der Waals surface area contributed by atoms with Crippen LogP contribution in [-0.4, -0.2) is 49.0 Å². The van der Waals surface area contributed by atoms with Crippen molar-refractivity contribution in [1.29, 1.82) is 0 Å². The van der Waals surface area contributed by atoms with E-state index < -0.39 is 0 Å². The molecule has 0 saturated heterocycles. The average molecular weight is 339 g/mol. The summed E-state index contributed by atoms with van der Waals surface area (Å²) < 4.78 is 6.69. The zero-order valence-corrected chi connectivity index (χ0v) is 14.0. The lowest BCUT2D eigenvalue weighted by molar-refractivity contribution is 0.0953. The quantitative estimate of drug-likeness (QED) is 0.677. The third kappa shape index (κ3) is 6.81. The van der Waals surface area contributed by atoms with E-state index in [1.807, 2.05) is 30.3 Å². The number of nitrogens with zero attached hydrogens (tertiary/aromatic N) is 2. The molecular weight excluding hydrogens is 316 g/mol. The zero-order valence-electron chi connectivity index (χ0n) is 13.2. The van der Waals surface area contributed by atoms with E-state index >= 15 is 0 Å². The molecule has 0 fully saturated rings. The fraction of sp³-hybridized carbons (Fsp3) is 0.375. The van der Waals surface area contributed by atoms with Crippen LogP contribution in [0.3, 0.4) is 0 Å². The molecule has 0 aliphatic carbocycles. The Hall–Kier alpha value is -1.89. The highest BCUT2D eigenvalue weighted by molar-refractivity contribution is 5.93. The van der Waals surface area contributed by atoms with Gasteiger partial charge in [-0.05, 0) is 5.56 Å².